The molecule has 0 spiro atoms. The Bertz CT molecular complexity index is 1170. The van der Waals surface area contributed by atoms with Crippen LogP contribution in [-0.4, -0.2) is 37.7 Å². The molecular weight excluding hydrogens is 384 g/mol. The Morgan fingerprint density at radius 3 is 2.76 bits per heavy atom. The van der Waals surface area contributed by atoms with E-state index in [0.29, 0.717) is 17.8 Å². The molecule has 3 aromatic heterocycles. The third-order valence-corrected chi connectivity index (χ3v) is 5.63. The van der Waals surface area contributed by atoms with Crippen LogP contribution in [0.2, 0.25) is 0 Å². The number of thiophene rings is 1. The molecule has 3 heterocycles. The third-order valence-electron chi connectivity index (χ3n) is 4.74. The Morgan fingerprint density at radius 1 is 1.24 bits per heavy atom. The van der Waals surface area contributed by atoms with E-state index in [0.717, 1.165) is 21.5 Å². The highest BCUT2D eigenvalue weighted by Crippen LogP contribution is 2.29. The summed E-state index contributed by atoms with van der Waals surface area (Å²) in [6, 6.07) is 12.9. The molecule has 29 heavy (non-hydrogen) atoms. The molecule has 0 bridgehead atoms. The van der Waals surface area contributed by atoms with E-state index < -0.39 is 0 Å². The standard InChI is InChI=1S/C22H22N4O2S/c1-14(2)26-21-18(12-23-26)17(11-19(24-21)20-8-5-9-29-20)22(28)25(3)13-15-6-4-7-16(27)10-15/h4-12,14,27H,13H2,1-3H3. The second-order valence-electron chi connectivity index (χ2n) is 7.28. The van der Waals surface area contributed by atoms with Gasteiger partial charge in [0.15, 0.2) is 5.65 Å². The van der Waals surface area contributed by atoms with Crippen molar-refractivity contribution >= 4 is 28.3 Å². The fourth-order valence-electron chi connectivity index (χ4n) is 3.33. The monoisotopic (exact) mass is 406 g/mol. The van der Waals surface area contributed by atoms with Crippen LogP contribution in [0.4, 0.5) is 0 Å². The molecule has 1 amide bonds. The summed E-state index contributed by atoms with van der Waals surface area (Å²) in [6.07, 6.45) is 1.72. The van der Waals surface area contributed by atoms with Crippen molar-refractivity contribution in [2.45, 2.75) is 26.4 Å². The summed E-state index contributed by atoms with van der Waals surface area (Å²) < 4.78 is 1.85. The van der Waals surface area contributed by atoms with Crippen LogP contribution in [0.5, 0.6) is 5.75 Å². The Kier molecular flexibility index (Phi) is 5.07. The van der Waals surface area contributed by atoms with Gasteiger partial charge >= 0.3 is 0 Å². The van der Waals surface area contributed by atoms with E-state index in [9.17, 15) is 9.90 Å². The quantitative estimate of drug-likeness (QED) is 0.521. The highest BCUT2D eigenvalue weighted by molar-refractivity contribution is 7.13. The number of carbonyl (C=O) groups excluding carboxylic acids is 1. The van der Waals surface area contributed by atoms with Crippen LogP contribution in [0.3, 0.4) is 0 Å². The van der Waals surface area contributed by atoms with Gasteiger partial charge in [0.05, 0.1) is 27.7 Å². The molecule has 0 radical (unpaired) electrons. The van der Waals surface area contributed by atoms with Gasteiger partial charge in [0.2, 0.25) is 0 Å². The molecule has 0 unspecified atom stereocenters. The van der Waals surface area contributed by atoms with Crippen molar-refractivity contribution in [1.82, 2.24) is 19.7 Å². The topological polar surface area (TPSA) is 71.2 Å². The molecule has 1 aromatic carbocycles. The summed E-state index contributed by atoms with van der Waals surface area (Å²) in [5.41, 5.74) is 2.92. The Balaban J connectivity index is 1.78. The number of hydrogen-bond acceptors (Lipinski definition) is 5. The van der Waals surface area contributed by atoms with Crippen LogP contribution < -0.4 is 0 Å². The van der Waals surface area contributed by atoms with E-state index in [1.165, 1.54) is 0 Å². The van der Waals surface area contributed by atoms with Crippen molar-refractivity contribution in [1.29, 1.82) is 0 Å². The molecule has 0 atom stereocenters. The summed E-state index contributed by atoms with van der Waals surface area (Å²) in [7, 11) is 1.76. The summed E-state index contributed by atoms with van der Waals surface area (Å²) in [5, 5.41) is 16.9. The first kappa shape index (κ1) is 19.1. The largest absolute Gasteiger partial charge is 0.508 e. The van der Waals surface area contributed by atoms with Gasteiger partial charge in [-0.1, -0.05) is 18.2 Å². The molecule has 148 valence electrons. The van der Waals surface area contributed by atoms with Gasteiger partial charge in [-0.3, -0.25) is 4.79 Å². The first-order chi connectivity index (χ1) is 13.9. The third kappa shape index (κ3) is 3.73. The van der Waals surface area contributed by atoms with Crippen LogP contribution in [0.25, 0.3) is 21.6 Å². The van der Waals surface area contributed by atoms with Crippen molar-refractivity contribution in [2.24, 2.45) is 0 Å². The SMILES string of the molecule is CC(C)n1ncc2c(C(=O)N(C)Cc3cccc(O)c3)cc(-c3cccs3)nc21. The first-order valence-corrected chi connectivity index (χ1v) is 10.3. The first-order valence-electron chi connectivity index (χ1n) is 9.39. The van der Waals surface area contributed by atoms with E-state index >= 15 is 0 Å². The molecule has 4 aromatic rings. The normalized spacial score (nSPS) is 11.3. The van der Waals surface area contributed by atoms with Gasteiger partial charge in [-0.05, 0) is 49.1 Å². The minimum absolute atomic E-state index is 0.109. The lowest BCUT2D eigenvalue weighted by Crippen LogP contribution is -2.26. The zero-order valence-electron chi connectivity index (χ0n) is 16.5. The number of aromatic hydroxyl groups is 1. The molecule has 4 rings (SSSR count). The predicted molar refractivity (Wildman–Crippen MR) is 115 cm³/mol. The van der Waals surface area contributed by atoms with Gasteiger partial charge in [0.1, 0.15) is 5.75 Å². The maximum Gasteiger partial charge on any atom is 0.254 e. The van der Waals surface area contributed by atoms with Crippen LogP contribution in [0.1, 0.15) is 35.8 Å². The zero-order chi connectivity index (χ0) is 20.5. The van der Waals surface area contributed by atoms with Crippen LogP contribution in [-0.2, 0) is 6.54 Å². The Hall–Kier alpha value is -3.19. The number of phenolic OH excluding ortho intramolecular Hbond substituents is 1. The minimum Gasteiger partial charge on any atom is -0.508 e. The maximum atomic E-state index is 13.4. The Labute approximate surface area is 173 Å². The van der Waals surface area contributed by atoms with Gasteiger partial charge in [-0.25, -0.2) is 9.67 Å². The van der Waals surface area contributed by atoms with Gasteiger partial charge < -0.3 is 10.0 Å². The number of rotatable bonds is 5. The molecule has 0 saturated heterocycles. The van der Waals surface area contributed by atoms with Crippen LogP contribution in [0, 0.1) is 0 Å². The average molecular weight is 407 g/mol. The van der Waals surface area contributed by atoms with E-state index in [1.807, 2.05) is 48.2 Å². The van der Waals surface area contributed by atoms with Crippen molar-refractivity contribution in [3.63, 3.8) is 0 Å². The highest BCUT2D eigenvalue weighted by atomic mass is 32.1. The molecular formula is C22H22N4O2S. The van der Waals surface area contributed by atoms with Crippen molar-refractivity contribution < 1.29 is 9.90 Å². The smallest absolute Gasteiger partial charge is 0.254 e. The van der Waals surface area contributed by atoms with E-state index in [1.54, 1.807) is 47.7 Å². The molecule has 0 fully saturated rings. The van der Waals surface area contributed by atoms with Crippen molar-refractivity contribution in [2.75, 3.05) is 7.05 Å². The number of pyridine rings is 1. The maximum absolute atomic E-state index is 13.4. The lowest BCUT2D eigenvalue weighted by Gasteiger charge is -2.18. The molecule has 7 heteroatoms. The molecule has 1 N–H and O–H groups in total. The summed E-state index contributed by atoms with van der Waals surface area (Å²) in [6.45, 7) is 4.48. The predicted octanol–water partition coefficient (Wildman–Crippen LogP) is 4.72. The molecule has 0 aliphatic carbocycles. The van der Waals surface area contributed by atoms with Crippen molar-refractivity contribution in [3.05, 3.63) is 65.2 Å². The fraction of sp³-hybridized carbons (Fsp3) is 0.227. The summed E-state index contributed by atoms with van der Waals surface area (Å²) >= 11 is 1.59. The number of amides is 1. The number of carbonyl (C=O) groups is 1. The number of nitrogens with zero attached hydrogens (tertiary/aromatic N) is 4. The number of fused-ring (bicyclic) bond motifs is 1. The zero-order valence-corrected chi connectivity index (χ0v) is 17.3. The number of benzene rings is 1. The minimum atomic E-state index is -0.109. The van der Waals surface area contributed by atoms with E-state index in [-0.39, 0.29) is 17.7 Å². The molecule has 6 nitrogen and oxygen atoms in total. The van der Waals surface area contributed by atoms with Gasteiger partial charge in [0.25, 0.3) is 5.91 Å². The number of aromatic nitrogens is 3. The van der Waals surface area contributed by atoms with Gasteiger partial charge in [-0.2, -0.15) is 5.10 Å². The van der Waals surface area contributed by atoms with Gasteiger partial charge in [-0.15, -0.1) is 11.3 Å². The molecule has 0 aliphatic heterocycles. The van der Waals surface area contributed by atoms with Crippen molar-refractivity contribution in [3.8, 4) is 16.3 Å². The fourth-order valence-corrected chi connectivity index (χ4v) is 4.02. The summed E-state index contributed by atoms with van der Waals surface area (Å²) in [4.78, 5) is 20.8. The van der Waals surface area contributed by atoms with Crippen LogP contribution >= 0.6 is 11.3 Å². The second-order valence-corrected chi connectivity index (χ2v) is 8.23. The highest BCUT2D eigenvalue weighted by Gasteiger charge is 2.21. The molecule has 0 saturated carbocycles. The average Bonchev–Trinajstić information content (AvgIpc) is 3.36. The lowest BCUT2D eigenvalue weighted by molar-refractivity contribution is 0.0787. The summed E-state index contributed by atoms with van der Waals surface area (Å²) in [5.74, 6) is 0.0784. The second kappa shape index (κ2) is 7.67. The molecule has 0 aliphatic rings. The van der Waals surface area contributed by atoms with E-state index in [2.05, 4.69) is 5.10 Å². The van der Waals surface area contributed by atoms with Gasteiger partial charge in [0, 0.05) is 19.6 Å². The Morgan fingerprint density at radius 2 is 2.07 bits per heavy atom. The van der Waals surface area contributed by atoms with E-state index in [4.69, 9.17) is 4.98 Å². The number of hydrogen-bond donors (Lipinski definition) is 1. The lowest BCUT2D eigenvalue weighted by atomic mass is 10.1. The number of phenols is 1. The van der Waals surface area contributed by atoms with Crippen LogP contribution in [0.15, 0.2) is 54.0 Å².